The molecule has 3 amide bonds. The average molecular weight is 421 g/mol. The Labute approximate surface area is 160 Å². The predicted octanol–water partition coefficient (Wildman–Crippen LogP) is 3.56. The number of halogens is 1. The van der Waals surface area contributed by atoms with Gasteiger partial charge in [-0.3, -0.25) is 4.79 Å². The molecule has 8 heteroatoms. The normalized spacial score (nSPS) is 16.2. The molecule has 2 aromatic rings. The van der Waals surface area contributed by atoms with Crippen LogP contribution < -0.4 is 10.6 Å². The molecule has 7 nitrogen and oxygen atoms in total. The van der Waals surface area contributed by atoms with Crippen LogP contribution in [-0.2, 0) is 4.79 Å². The predicted molar refractivity (Wildman–Crippen MR) is 101 cm³/mol. The van der Waals surface area contributed by atoms with Crippen LogP contribution in [0.2, 0.25) is 0 Å². The molecule has 0 bridgehead atoms. The summed E-state index contributed by atoms with van der Waals surface area (Å²) in [6, 6.07) is 6.88. The van der Waals surface area contributed by atoms with Gasteiger partial charge in [0, 0.05) is 29.7 Å². The number of pyridine rings is 1. The van der Waals surface area contributed by atoms with Gasteiger partial charge in [-0.2, -0.15) is 0 Å². The van der Waals surface area contributed by atoms with E-state index in [0.29, 0.717) is 31.7 Å². The van der Waals surface area contributed by atoms with Gasteiger partial charge in [0.15, 0.2) is 0 Å². The summed E-state index contributed by atoms with van der Waals surface area (Å²) in [6.45, 7) is 2.97. The lowest BCUT2D eigenvalue weighted by Gasteiger charge is -2.32. The highest BCUT2D eigenvalue weighted by molar-refractivity contribution is 9.10. The van der Waals surface area contributed by atoms with Gasteiger partial charge in [-0.25, -0.2) is 9.78 Å². The SMILES string of the molecule is CC(NC(=O)N1CCC(C(=O)Nc2ccc(Br)cn2)CC1)c1ccco1. The summed E-state index contributed by atoms with van der Waals surface area (Å²) in [5, 5.41) is 5.75. The lowest BCUT2D eigenvalue weighted by molar-refractivity contribution is -0.121. The Kier molecular flexibility index (Phi) is 5.92. The fraction of sp³-hybridized carbons (Fsp3) is 0.389. The number of rotatable bonds is 4. The third-order valence-electron chi connectivity index (χ3n) is 4.44. The third-order valence-corrected chi connectivity index (χ3v) is 4.91. The molecule has 0 aromatic carbocycles. The van der Waals surface area contributed by atoms with E-state index in [1.54, 1.807) is 29.5 Å². The van der Waals surface area contributed by atoms with Gasteiger partial charge in [0.1, 0.15) is 11.6 Å². The minimum absolute atomic E-state index is 0.0520. The zero-order valence-electron chi connectivity index (χ0n) is 14.4. The van der Waals surface area contributed by atoms with Crippen LogP contribution in [0, 0.1) is 5.92 Å². The lowest BCUT2D eigenvalue weighted by atomic mass is 9.96. The van der Waals surface area contributed by atoms with E-state index >= 15 is 0 Å². The molecule has 3 rings (SSSR count). The number of carbonyl (C=O) groups excluding carboxylic acids is 2. The van der Waals surface area contributed by atoms with Gasteiger partial charge in [0.2, 0.25) is 5.91 Å². The van der Waals surface area contributed by atoms with Crippen molar-refractivity contribution in [2.45, 2.75) is 25.8 Å². The number of carbonyl (C=O) groups is 2. The van der Waals surface area contributed by atoms with Crippen molar-refractivity contribution in [3.63, 3.8) is 0 Å². The number of nitrogens with one attached hydrogen (secondary N) is 2. The number of hydrogen-bond acceptors (Lipinski definition) is 4. The van der Waals surface area contributed by atoms with Crippen molar-refractivity contribution in [2.24, 2.45) is 5.92 Å². The Bertz CT molecular complexity index is 740. The molecule has 1 atom stereocenters. The monoisotopic (exact) mass is 420 g/mol. The fourth-order valence-electron chi connectivity index (χ4n) is 2.91. The van der Waals surface area contributed by atoms with Crippen LogP contribution in [0.15, 0.2) is 45.6 Å². The fourth-order valence-corrected chi connectivity index (χ4v) is 3.14. The van der Waals surface area contributed by atoms with Crippen LogP contribution in [0.25, 0.3) is 0 Å². The quantitative estimate of drug-likeness (QED) is 0.791. The molecule has 26 heavy (non-hydrogen) atoms. The zero-order valence-corrected chi connectivity index (χ0v) is 16.0. The van der Waals surface area contributed by atoms with Crippen molar-refractivity contribution in [3.05, 3.63) is 47.0 Å². The van der Waals surface area contributed by atoms with E-state index in [9.17, 15) is 9.59 Å². The summed E-state index contributed by atoms with van der Waals surface area (Å²) >= 11 is 3.31. The number of likely N-dealkylation sites (tertiary alicyclic amines) is 1. The van der Waals surface area contributed by atoms with E-state index in [-0.39, 0.29) is 23.9 Å². The maximum absolute atomic E-state index is 12.4. The van der Waals surface area contributed by atoms with Crippen molar-refractivity contribution >= 4 is 33.7 Å². The first kappa shape index (κ1) is 18.4. The maximum atomic E-state index is 12.4. The molecule has 2 N–H and O–H groups in total. The minimum Gasteiger partial charge on any atom is -0.467 e. The molecule has 0 spiro atoms. The lowest BCUT2D eigenvalue weighted by Crippen LogP contribution is -2.46. The maximum Gasteiger partial charge on any atom is 0.317 e. The van der Waals surface area contributed by atoms with Crippen LogP contribution in [0.5, 0.6) is 0 Å². The van der Waals surface area contributed by atoms with Gasteiger partial charge in [0.25, 0.3) is 0 Å². The van der Waals surface area contributed by atoms with Gasteiger partial charge < -0.3 is 20.0 Å². The van der Waals surface area contributed by atoms with Crippen molar-refractivity contribution < 1.29 is 14.0 Å². The van der Waals surface area contributed by atoms with Gasteiger partial charge in [0.05, 0.1) is 12.3 Å². The molecule has 2 aromatic heterocycles. The molecule has 0 radical (unpaired) electrons. The van der Waals surface area contributed by atoms with Crippen LogP contribution in [-0.4, -0.2) is 34.9 Å². The first-order valence-electron chi connectivity index (χ1n) is 8.54. The summed E-state index contributed by atoms with van der Waals surface area (Å²) < 4.78 is 6.16. The Hall–Kier alpha value is -2.35. The second-order valence-electron chi connectivity index (χ2n) is 6.30. The summed E-state index contributed by atoms with van der Waals surface area (Å²) in [5.41, 5.74) is 0. The van der Waals surface area contributed by atoms with Crippen LogP contribution in [0.1, 0.15) is 31.6 Å². The van der Waals surface area contributed by atoms with Crippen molar-refractivity contribution in [1.82, 2.24) is 15.2 Å². The number of piperidine rings is 1. The van der Waals surface area contributed by atoms with Crippen LogP contribution in [0.4, 0.5) is 10.6 Å². The molecule has 138 valence electrons. The van der Waals surface area contributed by atoms with Crippen LogP contribution in [0.3, 0.4) is 0 Å². The smallest absolute Gasteiger partial charge is 0.317 e. The molecular formula is C18H21BrN4O3. The van der Waals surface area contributed by atoms with Crippen LogP contribution >= 0.6 is 15.9 Å². The second-order valence-corrected chi connectivity index (χ2v) is 7.21. The van der Waals surface area contributed by atoms with Crippen molar-refractivity contribution in [2.75, 3.05) is 18.4 Å². The van der Waals surface area contributed by atoms with E-state index in [1.807, 2.05) is 19.1 Å². The van der Waals surface area contributed by atoms with Gasteiger partial charge >= 0.3 is 6.03 Å². The second kappa shape index (κ2) is 8.35. The van der Waals surface area contributed by atoms with E-state index in [4.69, 9.17) is 4.42 Å². The largest absolute Gasteiger partial charge is 0.467 e. The molecule has 1 fully saturated rings. The van der Waals surface area contributed by atoms with E-state index in [0.717, 1.165) is 10.2 Å². The molecule has 1 aliphatic heterocycles. The first-order chi connectivity index (χ1) is 12.5. The third kappa shape index (κ3) is 4.63. The molecule has 3 heterocycles. The van der Waals surface area contributed by atoms with Gasteiger partial charge in [-0.15, -0.1) is 0 Å². The Morgan fingerprint density at radius 3 is 2.69 bits per heavy atom. The molecule has 1 unspecified atom stereocenters. The molecule has 0 saturated carbocycles. The summed E-state index contributed by atoms with van der Waals surface area (Å²) in [6.07, 6.45) is 4.49. The summed E-state index contributed by atoms with van der Waals surface area (Å²) in [4.78, 5) is 30.6. The Balaban J connectivity index is 1.46. The Morgan fingerprint density at radius 1 is 1.31 bits per heavy atom. The van der Waals surface area contributed by atoms with Crippen molar-refractivity contribution in [3.8, 4) is 0 Å². The van der Waals surface area contributed by atoms with E-state index < -0.39 is 0 Å². The standard InChI is InChI=1S/C18H21BrN4O3/c1-12(15-3-2-10-26-15)21-18(25)23-8-6-13(7-9-23)17(24)22-16-5-4-14(19)11-20-16/h2-5,10-13H,6-9H2,1H3,(H,21,25)(H,20,22,24). The Morgan fingerprint density at radius 2 is 2.08 bits per heavy atom. The highest BCUT2D eigenvalue weighted by atomic mass is 79.9. The zero-order chi connectivity index (χ0) is 18.5. The molecule has 0 aliphatic carbocycles. The minimum atomic E-state index is -0.193. The number of urea groups is 1. The van der Waals surface area contributed by atoms with E-state index in [2.05, 4.69) is 31.5 Å². The average Bonchev–Trinajstić information content (AvgIpc) is 3.18. The summed E-state index contributed by atoms with van der Waals surface area (Å²) in [7, 11) is 0. The number of aromatic nitrogens is 1. The molecule has 1 saturated heterocycles. The highest BCUT2D eigenvalue weighted by Gasteiger charge is 2.28. The number of amides is 3. The van der Waals surface area contributed by atoms with E-state index in [1.165, 1.54) is 0 Å². The topological polar surface area (TPSA) is 87.5 Å². The van der Waals surface area contributed by atoms with Crippen molar-refractivity contribution in [1.29, 1.82) is 0 Å². The number of hydrogen-bond donors (Lipinski definition) is 2. The van der Waals surface area contributed by atoms with Gasteiger partial charge in [-0.1, -0.05) is 0 Å². The summed E-state index contributed by atoms with van der Waals surface area (Å²) in [5.74, 6) is 1.08. The number of nitrogens with zero attached hydrogens (tertiary/aromatic N) is 2. The molecular weight excluding hydrogens is 400 g/mol. The highest BCUT2D eigenvalue weighted by Crippen LogP contribution is 2.20. The first-order valence-corrected chi connectivity index (χ1v) is 9.33. The number of anilines is 1. The number of furan rings is 1. The van der Waals surface area contributed by atoms with Gasteiger partial charge in [-0.05, 0) is 60.0 Å². The molecule has 1 aliphatic rings.